The van der Waals surface area contributed by atoms with Crippen LogP contribution in [0.1, 0.15) is 45.6 Å². The van der Waals surface area contributed by atoms with E-state index in [0.717, 1.165) is 11.3 Å². The van der Waals surface area contributed by atoms with Crippen molar-refractivity contribution in [2.75, 3.05) is 39.8 Å². The van der Waals surface area contributed by atoms with Gasteiger partial charge in [0.05, 0.1) is 31.1 Å². The van der Waals surface area contributed by atoms with Crippen LogP contribution in [0, 0.1) is 0 Å². The normalized spacial score (nSPS) is 17.9. The summed E-state index contributed by atoms with van der Waals surface area (Å²) in [6, 6.07) is 7.46. The molecule has 1 amide bonds. The second-order valence-electron chi connectivity index (χ2n) is 7.81. The molecular weight excluding hydrogens is 362 g/mol. The SMILES string of the molecule is CC[C@H](C)c1ccc(S(=O)(=O)N2CC[NH+](CC(=O)N(C)C(C)C)CC2)cc1. The molecule has 0 bridgehead atoms. The van der Waals surface area contributed by atoms with E-state index >= 15 is 0 Å². The molecule has 1 saturated heterocycles. The summed E-state index contributed by atoms with van der Waals surface area (Å²) in [5.74, 6) is 0.535. The van der Waals surface area contributed by atoms with Crippen LogP contribution in [-0.2, 0) is 14.8 Å². The summed E-state index contributed by atoms with van der Waals surface area (Å²) in [5.41, 5.74) is 1.17. The Bertz CT molecular complexity index is 723. The number of carbonyl (C=O) groups is 1. The molecule has 0 aromatic heterocycles. The van der Waals surface area contributed by atoms with Gasteiger partial charge in [-0.3, -0.25) is 4.79 Å². The van der Waals surface area contributed by atoms with Gasteiger partial charge in [-0.2, -0.15) is 4.31 Å². The third-order valence-electron chi connectivity index (χ3n) is 5.70. The molecule has 1 atom stereocenters. The predicted molar refractivity (Wildman–Crippen MR) is 107 cm³/mol. The van der Waals surface area contributed by atoms with Gasteiger partial charge < -0.3 is 9.80 Å². The van der Waals surface area contributed by atoms with Crippen LogP contribution in [-0.4, -0.2) is 69.3 Å². The summed E-state index contributed by atoms with van der Waals surface area (Å²) in [6.45, 7) is 10.9. The summed E-state index contributed by atoms with van der Waals surface area (Å²) >= 11 is 0. The molecular formula is C20H34N3O3S+. The van der Waals surface area contributed by atoms with Gasteiger partial charge in [0, 0.05) is 13.1 Å². The molecule has 1 N–H and O–H groups in total. The number of amides is 1. The molecule has 6 nitrogen and oxygen atoms in total. The Labute approximate surface area is 164 Å². The van der Waals surface area contributed by atoms with E-state index in [0.29, 0.717) is 43.5 Å². The smallest absolute Gasteiger partial charge is 0.277 e. The number of nitrogens with zero attached hydrogens (tertiary/aromatic N) is 2. The standard InChI is InChI=1S/C20H33N3O3S/c1-6-17(4)18-7-9-19(10-8-18)27(25,26)23-13-11-22(12-14-23)15-20(24)21(5)16(2)3/h7-10,16-17H,6,11-15H2,1-5H3/p+1/t17-/m0/s1. The summed E-state index contributed by atoms with van der Waals surface area (Å²) in [5, 5.41) is 0. The zero-order chi connectivity index (χ0) is 20.2. The van der Waals surface area contributed by atoms with E-state index in [1.165, 1.54) is 5.56 Å². The number of hydrogen-bond donors (Lipinski definition) is 1. The van der Waals surface area contributed by atoms with Crippen molar-refractivity contribution >= 4 is 15.9 Å². The van der Waals surface area contributed by atoms with Gasteiger partial charge >= 0.3 is 0 Å². The van der Waals surface area contributed by atoms with E-state index in [4.69, 9.17) is 0 Å². The topological polar surface area (TPSA) is 62.1 Å². The highest BCUT2D eigenvalue weighted by molar-refractivity contribution is 7.89. The third kappa shape index (κ3) is 5.30. The number of hydrogen-bond acceptors (Lipinski definition) is 3. The van der Waals surface area contributed by atoms with Gasteiger partial charge in [-0.1, -0.05) is 26.0 Å². The van der Waals surface area contributed by atoms with Crippen molar-refractivity contribution in [2.24, 2.45) is 0 Å². The van der Waals surface area contributed by atoms with Crippen LogP contribution in [0.2, 0.25) is 0 Å². The van der Waals surface area contributed by atoms with Crippen molar-refractivity contribution in [1.29, 1.82) is 0 Å². The van der Waals surface area contributed by atoms with Crippen LogP contribution in [0.4, 0.5) is 0 Å². The van der Waals surface area contributed by atoms with E-state index in [1.807, 2.05) is 33.0 Å². The molecule has 0 aliphatic carbocycles. The Hall–Kier alpha value is -1.44. The average molecular weight is 397 g/mol. The molecule has 152 valence electrons. The Morgan fingerprint density at radius 3 is 2.19 bits per heavy atom. The van der Waals surface area contributed by atoms with Gasteiger partial charge in [0.1, 0.15) is 0 Å². The van der Waals surface area contributed by atoms with E-state index < -0.39 is 10.0 Å². The van der Waals surface area contributed by atoms with Crippen molar-refractivity contribution < 1.29 is 18.1 Å². The van der Waals surface area contributed by atoms with Crippen LogP contribution >= 0.6 is 0 Å². The maximum atomic E-state index is 12.9. The largest absolute Gasteiger partial charge is 0.338 e. The van der Waals surface area contributed by atoms with Gasteiger partial charge in [-0.05, 0) is 43.9 Å². The lowest BCUT2D eigenvalue weighted by atomic mass is 9.99. The fourth-order valence-electron chi connectivity index (χ4n) is 3.20. The number of benzene rings is 1. The van der Waals surface area contributed by atoms with E-state index in [1.54, 1.807) is 21.3 Å². The summed E-state index contributed by atoms with van der Waals surface area (Å²) in [4.78, 5) is 15.5. The molecule has 1 fully saturated rings. The first-order valence-corrected chi connectivity index (χ1v) is 11.3. The average Bonchev–Trinajstić information content (AvgIpc) is 2.67. The van der Waals surface area contributed by atoms with Crippen LogP contribution in [0.3, 0.4) is 0 Å². The molecule has 1 aliphatic heterocycles. The quantitative estimate of drug-likeness (QED) is 0.747. The number of carbonyl (C=O) groups excluding carboxylic acids is 1. The zero-order valence-electron chi connectivity index (χ0n) is 17.2. The lowest BCUT2D eigenvalue weighted by Crippen LogP contribution is -3.15. The Morgan fingerprint density at radius 2 is 1.70 bits per heavy atom. The summed E-state index contributed by atoms with van der Waals surface area (Å²) in [7, 11) is -1.65. The highest BCUT2D eigenvalue weighted by Gasteiger charge is 2.31. The number of piperazine rings is 1. The molecule has 0 unspecified atom stereocenters. The minimum Gasteiger partial charge on any atom is -0.338 e. The molecule has 7 heteroatoms. The molecule has 1 aromatic rings. The van der Waals surface area contributed by atoms with Gasteiger partial charge in [-0.15, -0.1) is 0 Å². The lowest BCUT2D eigenvalue weighted by Gasteiger charge is -2.32. The van der Waals surface area contributed by atoms with Crippen LogP contribution in [0.5, 0.6) is 0 Å². The maximum absolute atomic E-state index is 12.9. The van der Waals surface area contributed by atoms with Crippen molar-refractivity contribution in [1.82, 2.24) is 9.21 Å². The monoisotopic (exact) mass is 396 g/mol. The molecule has 1 heterocycles. The number of nitrogens with one attached hydrogen (secondary N) is 1. The third-order valence-corrected chi connectivity index (χ3v) is 7.61. The second kappa shape index (κ2) is 9.17. The number of rotatable bonds is 7. The van der Waals surface area contributed by atoms with Crippen molar-refractivity contribution in [3.63, 3.8) is 0 Å². The van der Waals surface area contributed by atoms with E-state index in [2.05, 4.69) is 13.8 Å². The van der Waals surface area contributed by atoms with Crippen LogP contribution in [0.15, 0.2) is 29.2 Å². The van der Waals surface area contributed by atoms with Gasteiger partial charge in [0.2, 0.25) is 10.0 Å². The van der Waals surface area contributed by atoms with E-state index in [9.17, 15) is 13.2 Å². The lowest BCUT2D eigenvalue weighted by molar-refractivity contribution is -0.896. The van der Waals surface area contributed by atoms with E-state index in [-0.39, 0.29) is 11.9 Å². The summed E-state index contributed by atoms with van der Waals surface area (Å²) in [6.07, 6.45) is 1.03. The summed E-state index contributed by atoms with van der Waals surface area (Å²) < 4.78 is 27.4. The van der Waals surface area contributed by atoms with Crippen LogP contribution < -0.4 is 4.90 Å². The van der Waals surface area contributed by atoms with Gasteiger partial charge in [-0.25, -0.2) is 8.42 Å². The minimum absolute atomic E-state index is 0.108. The molecule has 1 aromatic carbocycles. The number of quaternary nitrogens is 1. The first-order chi connectivity index (χ1) is 12.7. The fourth-order valence-corrected chi connectivity index (χ4v) is 4.64. The number of likely N-dealkylation sites (N-methyl/N-ethyl adjacent to an activating group) is 1. The minimum atomic E-state index is -3.47. The Morgan fingerprint density at radius 1 is 1.15 bits per heavy atom. The molecule has 1 aliphatic rings. The first kappa shape index (κ1) is 21.9. The highest BCUT2D eigenvalue weighted by atomic mass is 32.2. The molecule has 2 rings (SSSR count). The highest BCUT2D eigenvalue weighted by Crippen LogP contribution is 2.22. The number of sulfonamides is 1. The maximum Gasteiger partial charge on any atom is 0.277 e. The molecule has 0 radical (unpaired) electrons. The Balaban J connectivity index is 1.97. The molecule has 0 spiro atoms. The van der Waals surface area contributed by atoms with Crippen molar-refractivity contribution in [2.45, 2.75) is 51.0 Å². The van der Waals surface area contributed by atoms with Crippen molar-refractivity contribution in [3.8, 4) is 0 Å². The van der Waals surface area contributed by atoms with Gasteiger partial charge in [0.25, 0.3) is 5.91 Å². The predicted octanol–water partition coefficient (Wildman–Crippen LogP) is 0.956. The zero-order valence-corrected chi connectivity index (χ0v) is 18.1. The van der Waals surface area contributed by atoms with Crippen molar-refractivity contribution in [3.05, 3.63) is 29.8 Å². The molecule has 27 heavy (non-hydrogen) atoms. The van der Waals surface area contributed by atoms with Gasteiger partial charge in [0.15, 0.2) is 6.54 Å². The van der Waals surface area contributed by atoms with Crippen LogP contribution in [0.25, 0.3) is 0 Å². The Kier molecular flexibility index (Phi) is 7.42. The first-order valence-electron chi connectivity index (χ1n) is 9.86. The molecule has 0 saturated carbocycles. The fraction of sp³-hybridized carbons (Fsp3) is 0.650. The second-order valence-corrected chi connectivity index (χ2v) is 9.75.